The van der Waals surface area contributed by atoms with E-state index in [0.29, 0.717) is 23.4 Å². The highest BCUT2D eigenvalue weighted by Crippen LogP contribution is 2.42. The zero-order valence-corrected chi connectivity index (χ0v) is 15.0. The summed E-state index contributed by atoms with van der Waals surface area (Å²) in [5, 5.41) is 18.3. The molecular weight excluding hydrogens is 336 g/mol. The Bertz CT molecular complexity index is 856. The van der Waals surface area contributed by atoms with Crippen LogP contribution < -0.4 is 5.32 Å². The molecule has 0 saturated heterocycles. The number of Topliss-reactive ketones (excluding diaryl/α,β-unsaturated/α-hetero) is 1. The van der Waals surface area contributed by atoms with Crippen molar-refractivity contribution in [3.05, 3.63) is 41.1 Å². The van der Waals surface area contributed by atoms with Crippen molar-refractivity contribution in [3.63, 3.8) is 0 Å². The number of hydrogen-bond acceptors (Lipinski definition) is 6. The maximum atomic E-state index is 12.8. The monoisotopic (exact) mass is 356 g/mol. The van der Waals surface area contributed by atoms with Crippen LogP contribution in [0.15, 0.2) is 40.7 Å². The number of carbonyl (C=O) groups excluding carboxylic acids is 1. The number of aromatic nitrogens is 3. The Hall–Kier alpha value is -2.28. The van der Waals surface area contributed by atoms with Gasteiger partial charge in [-0.25, -0.2) is 4.68 Å². The summed E-state index contributed by atoms with van der Waals surface area (Å²) in [6, 6.07) is 6.68. The van der Waals surface area contributed by atoms with E-state index in [1.807, 2.05) is 12.1 Å². The lowest BCUT2D eigenvalue weighted by atomic mass is 9.81. The van der Waals surface area contributed by atoms with Crippen molar-refractivity contribution < 1.29 is 9.90 Å². The molecule has 6 nitrogen and oxygen atoms in total. The van der Waals surface area contributed by atoms with Crippen LogP contribution in [-0.4, -0.2) is 31.4 Å². The minimum absolute atomic E-state index is 0.158. The molecule has 130 valence electrons. The predicted molar refractivity (Wildman–Crippen MR) is 96.7 cm³/mol. The zero-order chi connectivity index (χ0) is 17.6. The molecule has 2 heterocycles. The number of allylic oxidation sites excluding steroid dienone is 2. The molecule has 2 N–H and O–H groups in total. The number of carbonyl (C=O) groups is 1. The van der Waals surface area contributed by atoms with Crippen molar-refractivity contribution >= 4 is 23.5 Å². The molecule has 0 bridgehead atoms. The van der Waals surface area contributed by atoms with Gasteiger partial charge in [-0.05, 0) is 35.8 Å². The van der Waals surface area contributed by atoms with Crippen molar-refractivity contribution in [2.24, 2.45) is 5.92 Å². The number of phenols is 1. The largest absolute Gasteiger partial charge is 0.508 e. The highest BCUT2D eigenvalue weighted by atomic mass is 32.2. The molecule has 1 aromatic heterocycles. The molecule has 2 aromatic rings. The lowest BCUT2D eigenvalue weighted by Crippen LogP contribution is -2.33. The number of anilines is 1. The summed E-state index contributed by atoms with van der Waals surface area (Å²) in [6.07, 6.45) is 1.38. The summed E-state index contributed by atoms with van der Waals surface area (Å²) in [6.45, 7) is 4.15. The molecule has 1 aliphatic heterocycles. The quantitative estimate of drug-likeness (QED) is 0.821. The van der Waals surface area contributed by atoms with Gasteiger partial charge in [0.05, 0.1) is 0 Å². The fourth-order valence-corrected chi connectivity index (χ4v) is 4.10. The van der Waals surface area contributed by atoms with Gasteiger partial charge in [-0.3, -0.25) is 4.79 Å². The zero-order valence-electron chi connectivity index (χ0n) is 14.2. The van der Waals surface area contributed by atoms with Crippen LogP contribution in [0.2, 0.25) is 0 Å². The van der Waals surface area contributed by atoms with Crippen LogP contribution in [0.3, 0.4) is 0 Å². The summed E-state index contributed by atoms with van der Waals surface area (Å²) in [4.78, 5) is 17.4. The first-order chi connectivity index (χ1) is 12.1. The third-order valence-corrected chi connectivity index (χ3v) is 5.31. The number of phenolic OH excluding ortho intramolecular Hbond substituents is 1. The Morgan fingerprint density at radius 1 is 1.32 bits per heavy atom. The molecule has 4 rings (SSSR count). The predicted octanol–water partition coefficient (Wildman–Crippen LogP) is 3.36. The van der Waals surface area contributed by atoms with Gasteiger partial charge in [0, 0.05) is 17.7 Å². The number of aromatic hydroxyl groups is 1. The number of nitrogens with one attached hydrogen (secondary N) is 1. The van der Waals surface area contributed by atoms with E-state index in [0.717, 1.165) is 29.0 Å². The standard InChI is InChI=1S/C18H20N4O2S/c1-3-25-18-20-17-19-13-8-10(2)9-14(24)15(13)16(22(17)21-18)11-4-6-12(23)7-5-11/h4-7,10,16,23H,3,8-9H2,1-2H3,(H,19,20,21). The minimum Gasteiger partial charge on any atom is -0.508 e. The van der Waals surface area contributed by atoms with Crippen LogP contribution in [0, 0.1) is 5.92 Å². The van der Waals surface area contributed by atoms with Gasteiger partial charge in [-0.1, -0.05) is 37.7 Å². The van der Waals surface area contributed by atoms with Gasteiger partial charge < -0.3 is 10.4 Å². The SMILES string of the molecule is CCSc1nc2n(n1)C(c1ccc(O)cc1)C1=C(CC(C)CC1=O)N2. The van der Waals surface area contributed by atoms with E-state index in [2.05, 4.69) is 29.2 Å². The van der Waals surface area contributed by atoms with Gasteiger partial charge in [0.15, 0.2) is 5.78 Å². The second-order valence-corrected chi connectivity index (χ2v) is 7.77. The first-order valence-corrected chi connectivity index (χ1v) is 9.47. The van der Waals surface area contributed by atoms with Crippen LogP contribution in [-0.2, 0) is 4.79 Å². The Labute approximate surface area is 150 Å². The van der Waals surface area contributed by atoms with E-state index in [9.17, 15) is 9.90 Å². The van der Waals surface area contributed by atoms with Crippen LogP contribution in [0.4, 0.5) is 5.95 Å². The Morgan fingerprint density at radius 3 is 2.80 bits per heavy atom. The van der Waals surface area contributed by atoms with Crippen molar-refractivity contribution in [2.45, 2.75) is 37.9 Å². The summed E-state index contributed by atoms with van der Waals surface area (Å²) in [7, 11) is 0. The maximum absolute atomic E-state index is 12.8. The second kappa shape index (κ2) is 6.22. The van der Waals surface area contributed by atoms with Crippen molar-refractivity contribution in [3.8, 4) is 5.75 Å². The van der Waals surface area contributed by atoms with Crippen LogP contribution in [0.5, 0.6) is 5.75 Å². The molecule has 1 aliphatic carbocycles. The van der Waals surface area contributed by atoms with E-state index in [1.54, 1.807) is 28.6 Å². The van der Waals surface area contributed by atoms with Crippen molar-refractivity contribution in [1.29, 1.82) is 0 Å². The molecule has 2 unspecified atom stereocenters. The summed E-state index contributed by atoms with van der Waals surface area (Å²) < 4.78 is 1.80. The molecule has 0 amide bonds. The maximum Gasteiger partial charge on any atom is 0.227 e. The summed E-state index contributed by atoms with van der Waals surface area (Å²) >= 11 is 1.58. The number of benzene rings is 1. The minimum atomic E-state index is -0.300. The molecule has 2 atom stereocenters. The van der Waals surface area contributed by atoms with E-state index in [-0.39, 0.29) is 17.6 Å². The average Bonchev–Trinajstić information content (AvgIpc) is 2.96. The molecule has 7 heteroatoms. The second-order valence-electron chi connectivity index (χ2n) is 6.54. The number of fused-ring (bicyclic) bond motifs is 1. The number of nitrogens with zero attached hydrogens (tertiary/aromatic N) is 3. The van der Waals surface area contributed by atoms with Gasteiger partial charge in [0.25, 0.3) is 0 Å². The van der Waals surface area contributed by atoms with Gasteiger partial charge in [0.2, 0.25) is 11.1 Å². The van der Waals surface area contributed by atoms with Crippen molar-refractivity contribution in [2.75, 3.05) is 11.1 Å². The lowest BCUT2D eigenvalue weighted by Gasteiger charge is -2.34. The van der Waals surface area contributed by atoms with Crippen LogP contribution >= 0.6 is 11.8 Å². The molecule has 0 spiro atoms. The van der Waals surface area contributed by atoms with Gasteiger partial charge in [-0.15, -0.1) is 5.10 Å². The summed E-state index contributed by atoms with van der Waals surface area (Å²) in [5.41, 5.74) is 2.65. The first kappa shape index (κ1) is 16.2. The van der Waals surface area contributed by atoms with Gasteiger partial charge >= 0.3 is 0 Å². The van der Waals surface area contributed by atoms with Gasteiger partial charge in [-0.2, -0.15) is 4.98 Å². The van der Waals surface area contributed by atoms with E-state index < -0.39 is 0 Å². The highest BCUT2D eigenvalue weighted by Gasteiger charge is 2.38. The van der Waals surface area contributed by atoms with E-state index in [1.165, 1.54) is 0 Å². The molecule has 2 aliphatic rings. The average molecular weight is 356 g/mol. The number of thioether (sulfide) groups is 1. The number of rotatable bonds is 3. The lowest BCUT2D eigenvalue weighted by molar-refractivity contribution is -0.117. The van der Waals surface area contributed by atoms with Crippen LogP contribution in [0.25, 0.3) is 0 Å². The third-order valence-electron chi connectivity index (χ3n) is 4.59. The van der Waals surface area contributed by atoms with Gasteiger partial charge in [0.1, 0.15) is 11.8 Å². The van der Waals surface area contributed by atoms with E-state index in [4.69, 9.17) is 0 Å². The van der Waals surface area contributed by atoms with Crippen molar-refractivity contribution in [1.82, 2.24) is 14.8 Å². The molecular formula is C18H20N4O2S. The highest BCUT2D eigenvalue weighted by molar-refractivity contribution is 7.99. The fraction of sp³-hybridized carbons (Fsp3) is 0.389. The molecule has 1 aromatic carbocycles. The van der Waals surface area contributed by atoms with Crippen LogP contribution in [0.1, 0.15) is 38.3 Å². The third kappa shape index (κ3) is 2.82. The number of hydrogen-bond donors (Lipinski definition) is 2. The Kier molecular flexibility index (Phi) is 4.03. The normalized spacial score (nSPS) is 22.4. The number of ketones is 1. The topological polar surface area (TPSA) is 80.0 Å². The Balaban J connectivity index is 1.86. The summed E-state index contributed by atoms with van der Waals surface area (Å²) in [5.74, 6) is 2.24. The molecule has 0 fully saturated rings. The van der Waals surface area contributed by atoms with E-state index >= 15 is 0 Å². The Morgan fingerprint density at radius 2 is 2.08 bits per heavy atom. The molecule has 0 radical (unpaired) electrons. The molecule has 25 heavy (non-hydrogen) atoms. The fourth-order valence-electron chi connectivity index (χ4n) is 3.54. The first-order valence-electron chi connectivity index (χ1n) is 8.48. The smallest absolute Gasteiger partial charge is 0.227 e. The molecule has 0 saturated carbocycles.